The van der Waals surface area contributed by atoms with Gasteiger partial charge in [0.1, 0.15) is 29.0 Å². The third-order valence-electron chi connectivity index (χ3n) is 3.90. The second kappa shape index (κ2) is 8.99. The highest BCUT2D eigenvalue weighted by Crippen LogP contribution is 2.34. The van der Waals surface area contributed by atoms with Gasteiger partial charge in [0.2, 0.25) is 0 Å². The Kier molecular flexibility index (Phi) is 6.43. The zero-order valence-corrected chi connectivity index (χ0v) is 16.5. The number of carbonyl (C=O) groups excluding carboxylic acids is 2. The summed E-state index contributed by atoms with van der Waals surface area (Å²) in [5.74, 6) is -0.627. The molecule has 0 aromatic heterocycles. The summed E-state index contributed by atoms with van der Waals surface area (Å²) in [7, 11) is 1.25. The number of thiocarbonyl (C=S) groups is 1. The van der Waals surface area contributed by atoms with Crippen LogP contribution < -0.4 is 4.74 Å². The van der Waals surface area contributed by atoms with Gasteiger partial charge in [-0.05, 0) is 29.8 Å². The minimum absolute atomic E-state index is 0.221. The smallest absolute Gasteiger partial charge is 0.325 e. The van der Waals surface area contributed by atoms with Crippen LogP contribution in [0, 0.1) is 5.82 Å². The van der Waals surface area contributed by atoms with Crippen molar-refractivity contribution in [2.24, 2.45) is 0 Å². The summed E-state index contributed by atoms with van der Waals surface area (Å²) >= 11 is 6.31. The fourth-order valence-corrected chi connectivity index (χ4v) is 3.69. The second-order valence-corrected chi connectivity index (χ2v) is 7.47. The van der Waals surface area contributed by atoms with Crippen molar-refractivity contribution in [2.45, 2.75) is 6.61 Å². The highest BCUT2D eigenvalue weighted by molar-refractivity contribution is 8.26. The van der Waals surface area contributed by atoms with Crippen molar-refractivity contribution in [1.29, 1.82) is 0 Å². The molecule has 0 unspecified atom stereocenters. The van der Waals surface area contributed by atoms with Crippen molar-refractivity contribution in [3.63, 3.8) is 0 Å². The first-order valence-electron chi connectivity index (χ1n) is 8.26. The topological polar surface area (TPSA) is 55.8 Å². The lowest BCUT2D eigenvalue weighted by Gasteiger charge is -2.12. The first-order chi connectivity index (χ1) is 13.5. The molecule has 0 bridgehead atoms. The molecular formula is C20H16FNO4S2. The third kappa shape index (κ3) is 4.76. The maximum absolute atomic E-state index is 13.0. The van der Waals surface area contributed by atoms with Gasteiger partial charge in [-0.15, -0.1) is 0 Å². The Morgan fingerprint density at radius 3 is 2.64 bits per heavy atom. The molecular weight excluding hydrogens is 401 g/mol. The molecule has 8 heteroatoms. The minimum atomic E-state index is -0.541. The van der Waals surface area contributed by atoms with Crippen LogP contribution in [0.2, 0.25) is 0 Å². The monoisotopic (exact) mass is 417 g/mol. The second-order valence-electron chi connectivity index (χ2n) is 5.80. The molecule has 0 radical (unpaired) electrons. The maximum atomic E-state index is 13.0. The summed E-state index contributed by atoms with van der Waals surface area (Å²) in [6.07, 6.45) is 1.68. The molecule has 1 fully saturated rings. The quantitative estimate of drug-likeness (QED) is 0.405. The average Bonchev–Trinajstić information content (AvgIpc) is 2.95. The first-order valence-corrected chi connectivity index (χ1v) is 9.49. The molecule has 2 aromatic rings. The predicted octanol–water partition coefficient (Wildman–Crippen LogP) is 3.78. The number of rotatable bonds is 6. The molecule has 1 amide bonds. The van der Waals surface area contributed by atoms with Crippen LogP contribution in [0.3, 0.4) is 0 Å². The number of hydrogen-bond acceptors (Lipinski definition) is 6. The van der Waals surface area contributed by atoms with E-state index in [4.69, 9.17) is 17.0 Å². The number of para-hydroxylation sites is 1. The van der Waals surface area contributed by atoms with Crippen LogP contribution in [0.4, 0.5) is 4.39 Å². The lowest BCUT2D eigenvalue weighted by Crippen LogP contribution is -2.33. The van der Waals surface area contributed by atoms with Gasteiger partial charge in [0.25, 0.3) is 5.91 Å². The predicted molar refractivity (Wildman–Crippen MR) is 109 cm³/mol. The Morgan fingerprint density at radius 2 is 1.93 bits per heavy atom. The third-order valence-corrected chi connectivity index (χ3v) is 5.28. The molecule has 2 aromatic carbocycles. The molecule has 1 aliphatic heterocycles. The largest absolute Gasteiger partial charge is 0.488 e. The van der Waals surface area contributed by atoms with Gasteiger partial charge in [-0.1, -0.05) is 54.3 Å². The van der Waals surface area contributed by atoms with Gasteiger partial charge >= 0.3 is 5.97 Å². The van der Waals surface area contributed by atoms with Crippen molar-refractivity contribution >= 4 is 46.3 Å². The van der Waals surface area contributed by atoms with Gasteiger partial charge < -0.3 is 9.47 Å². The minimum Gasteiger partial charge on any atom is -0.488 e. The van der Waals surface area contributed by atoms with Crippen LogP contribution in [0.15, 0.2) is 53.4 Å². The van der Waals surface area contributed by atoms with Crippen LogP contribution in [-0.2, 0) is 20.9 Å². The van der Waals surface area contributed by atoms with Crippen molar-refractivity contribution in [2.75, 3.05) is 13.7 Å². The molecule has 1 saturated heterocycles. The SMILES string of the molecule is COC(=O)CN1C(=O)/C(=C/c2ccccc2OCc2ccc(F)cc2)SC1=S. The van der Waals surface area contributed by atoms with E-state index in [0.29, 0.717) is 20.5 Å². The molecule has 3 rings (SSSR count). The molecule has 1 heterocycles. The average molecular weight is 417 g/mol. The Labute approximate surface area is 171 Å². The summed E-state index contributed by atoms with van der Waals surface area (Å²) in [5.41, 5.74) is 1.52. The lowest BCUT2D eigenvalue weighted by atomic mass is 10.1. The summed E-state index contributed by atoms with van der Waals surface area (Å²) in [6.45, 7) is 0.0374. The molecule has 28 heavy (non-hydrogen) atoms. The van der Waals surface area contributed by atoms with Crippen molar-refractivity contribution in [1.82, 2.24) is 4.90 Å². The van der Waals surface area contributed by atoms with Crippen molar-refractivity contribution in [3.05, 3.63) is 70.4 Å². The zero-order chi connectivity index (χ0) is 20.1. The van der Waals surface area contributed by atoms with E-state index < -0.39 is 5.97 Å². The highest BCUT2D eigenvalue weighted by Gasteiger charge is 2.33. The summed E-state index contributed by atoms with van der Waals surface area (Å²) < 4.78 is 23.7. The van der Waals surface area contributed by atoms with Gasteiger partial charge in [0.15, 0.2) is 0 Å². The van der Waals surface area contributed by atoms with E-state index in [1.54, 1.807) is 24.3 Å². The maximum Gasteiger partial charge on any atom is 0.325 e. The van der Waals surface area contributed by atoms with Crippen LogP contribution in [0.5, 0.6) is 5.75 Å². The zero-order valence-electron chi connectivity index (χ0n) is 14.9. The molecule has 0 aliphatic carbocycles. The van der Waals surface area contributed by atoms with E-state index in [0.717, 1.165) is 17.3 Å². The molecule has 0 saturated carbocycles. The normalized spacial score (nSPS) is 15.2. The van der Waals surface area contributed by atoms with E-state index in [9.17, 15) is 14.0 Å². The number of ether oxygens (including phenoxy) is 2. The molecule has 1 aliphatic rings. The number of thioether (sulfide) groups is 1. The number of halogens is 1. The van der Waals surface area contributed by atoms with Gasteiger partial charge in [-0.3, -0.25) is 14.5 Å². The van der Waals surface area contributed by atoms with Gasteiger partial charge in [-0.2, -0.15) is 0 Å². The first kappa shape index (κ1) is 20.0. The number of nitrogens with zero attached hydrogens (tertiary/aromatic N) is 1. The number of carbonyl (C=O) groups is 2. The Bertz CT molecular complexity index is 943. The van der Waals surface area contributed by atoms with Crippen LogP contribution in [0.25, 0.3) is 6.08 Å². The number of hydrogen-bond donors (Lipinski definition) is 0. The fourth-order valence-electron chi connectivity index (χ4n) is 2.44. The van der Waals surface area contributed by atoms with E-state index in [1.807, 2.05) is 18.2 Å². The highest BCUT2D eigenvalue weighted by atomic mass is 32.2. The van der Waals surface area contributed by atoms with Crippen LogP contribution in [0.1, 0.15) is 11.1 Å². The lowest BCUT2D eigenvalue weighted by molar-refractivity contribution is -0.143. The van der Waals surface area contributed by atoms with Crippen molar-refractivity contribution < 1.29 is 23.5 Å². The fraction of sp³-hybridized carbons (Fsp3) is 0.150. The number of esters is 1. The standard InChI is InChI=1S/C20H16FNO4S2/c1-25-18(23)11-22-19(24)17(28-20(22)27)10-14-4-2-3-5-16(14)26-12-13-6-8-15(21)9-7-13/h2-10H,11-12H2,1H3/b17-10-. The molecule has 0 N–H and O–H groups in total. The Morgan fingerprint density at radius 1 is 1.21 bits per heavy atom. The van der Waals surface area contributed by atoms with Crippen LogP contribution in [-0.4, -0.2) is 34.8 Å². The molecule has 0 atom stereocenters. The van der Waals surface area contributed by atoms with E-state index >= 15 is 0 Å². The number of amides is 1. The van der Waals surface area contributed by atoms with E-state index in [1.165, 1.54) is 24.1 Å². The Hall–Kier alpha value is -2.71. The van der Waals surface area contributed by atoms with Gasteiger partial charge in [-0.25, -0.2) is 4.39 Å². The van der Waals surface area contributed by atoms with Gasteiger partial charge in [0.05, 0.1) is 12.0 Å². The number of methoxy groups -OCH3 is 1. The van der Waals surface area contributed by atoms with Crippen molar-refractivity contribution in [3.8, 4) is 5.75 Å². The molecule has 0 spiro atoms. The van der Waals surface area contributed by atoms with E-state index in [2.05, 4.69) is 4.74 Å². The summed E-state index contributed by atoms with van der Waals surface area (Å²) in [6, 6.07) is 13.3. The van der Waals surface area contributed by atoms with E-state index in [-0.39, 0.29) is 24.9 Å². The molecule has 144 valence electrons. The molecule has 5 nitrogen and oxygen atoms in total. The number of benzene rings is 2. The van der Waals surface area contributed by atoms with Gasteiger partial charge in [0, 0.05) is 5.56 Å². The summed E-state index contributed by atoms with van der Waals surface area (Å²) in [4.78, 5) is 25.6. The summed E-state index contributed by atoms with van der Waals surface area (Å²) in [5, 5.41) is 0. The van der Waals surface area contributed by atoms with Crippen LogP contribution >= 0.6 is 24.0 Å². The Balaban J connectivity index is 1.77.